The van der Waals surface area contributed by atoms with E-state index in [4.69, 9.17) is 9.47 Å². The fraction of sp³-hybridized carbons (Fsp3) is 0.850. The Bertz CT molecular complexity index is 520. The van der Waals surface area contributed by atoms with Gasteiger partial charge >= 0.3 is 11.9 Å². The maximum absolute atomic E-state index is 13.0. The van der Waals surface area contributed by atoms with E-state index in [9.17, 15) is 14.4 Å². The van der Waals surface area contributed by atoms with Crippen molar-refractivity contribution in [2.75, 3.05) is 20.8 Å². The molecule has 0 aromatic heterocycles. The number of nitrogens with zero attached hydrogens (tertiary/aromatic N) is 1. The van der Waals surface area contributed by atoms with E-state index in [0.717, 1.165) is 25.7 Å². The standard InChI is InChI=1S/C20H34N2O5/c1-6-7-10-21-18(23)15(11-12(2)3)22-13-8-9-14(22)17(20(25)27-5)16(13)19(24)26-4/h12-17H,6-11H2,1-5H3,(H,21,23)/t13-,14+,15?,16-,17-/m1/s1. The van der Waals surface area contributed by atoms with Crippen LogP contribution < -0.4 is 5.32 Å². The predicted octanol–water partition coefficient (Wildman–Crippen LogP) is 1.74. The van der Waals surface area contributed by atoms with Gasteiger partial charge in [0.1, 0.15) is 0 Å². The Labute approximate surface area is 162 Å². The van der Waals surface area contributed by atoms with Crippen LogP contribution in [0.4, 0.5) is 0 Å². The minimum Gasteiger partial charge on any atom is -0.469 e. The third-order valence-electron chi connectivity index (χ3n) is 5.87. The summed E-state index contributed by atoms with van der Waals surface area (Å²) in [6.07, 6.45) is 4.21. The number of nitrogens with one attached hydrogen (secondary N) is 1. The molecule has 154 valence electrons. The molecule has 0 saturated carbocycles. The lowest BCUT2D eigenvalue weighted by Gasteiger charge is -2.32. The summed E-state index contributed by atoms with van der Waals surface area (Å²) in [7, 11) is 2.69. The number of carbonyl (C=O) groups excluding carboxylic acids is 3. The van der Waals surface area contributed by atoms with Gasteiger partial charge in [0.2, 0.25) is 5.91 Å². The highest BCUT2D eigenvalue weighted by atomic mass is 16.5. The van der Waals surface area contributed by atoms with Crippen molar-refractivity contribution in [3.8, 4) is 0 Å². The van der Waals surface area contributed by atoms with E-state index in [2.05, 4.69) is 31.0 Å². The molecule has 2 rings (SSSR count). The summed E-state index contributed by atoms with van der Waals surface area (Å²) >= 11 is 0. The molecule has 0 aliphatic carbocycles. The molecule has 2 aliphatic rings. The van der Waals surface area contributed by atoms with Crippen LogP contribution in [0.2, 0.25) is 0 Å². The number of ether oxygens (including phenoxy) is 2. The highest BCUT2D eigenvalue weighted by Gasteiger charge is 2.61. The number of esters is 2. The fourth-order valence-electron chi connectivity index (χ4n) is 4.75. The van der Waals surface area contributed by atoms with Crippen LogP contribution in [-0.4, -0.2) is 61.6 Å². The predicted molar refractivity (Wildman–Crippen MR) is 101 cm³/mol. The molecule has 2 bridgehead atoms. The number of rotatable bonds is 9. The summed E-state index contributed by atoms with van der Waals surface area (Å²) in [5.41, 5.74) is 0. The molecule has 0 aromatic carbocycles. The van der Waals surface area contributed by atoms with Crippen molar-refractivity contribution in [3.05, 3.63) is 0 Å². The Balaban J connectivity index is 2.30. The minimum absolute atomic E-state index is 0.0109. The van der Waals surface area contributed by atoms with Crippen molar-refractivity contribution in [1.82, 2.24) is 10.2 Å². The number of hydrogen-bond donors (Lipinski definition) is 1. The van der Waals surface area contributed by atoms with Gasteiger partial charge < -0.3 is 14.8 Å². The first kappa shape index (κ1) is 21.7. The quantitative estimate of drug-likeness (QED) is 0.483. The second-order valence-corrected chi connectivity index (χ2v) is 8.05. The van der Waals surface area contributed by atoms with Crippen molar-refractivity contribution in [1.29, 1.82) is 0 Å². The molecule has 5 atom stereocenters. The first-order valence-electron chi connectivity index (χ1n) is 10.1. The summed E-state index contributed by atoms with van der Waals surface area (Å²) in [4.78, 5) is 40.0. The fourth-order valence-corrected chi connectivity index (χ4v) is 4.75. The van der Waals surface area contributed by atoms with Gasteiger partial charge in [-0.2, -0.15) is 0 Å². The van der Waals surface area contributed by atoms with E-state index < -0.39 is 23.8 Å². The Hall–Kier alpha value is -1.63. The molecule has 7 nitrogen and oxygen atoms in total. The number of methoxy groups -OCH3 is 2. The van der Waals surface area contributed by atoms with Crippen LogP contribution >= 0.6 is 0 Å². The molecule has 1 N–H and O–H groups in total. The van der Waals surface area contributed by atoms with Gasteiger partial charge in [-0.15, -0.1) is 0 Å². The highest BCUT2D eigenvalue weighted by Crippen LogP contribution is 2.48. The third kappa shape index (κ3) is 4.45. The monoisotopic (exact) mass is 382 g/mol. The smallest absolute Gasteiger partial charge is 0.311 e. The molecular weight excluding hydrogens is 348 g/mol. The van der Waals surface area contributed by atoms with E-state index in [0.29, 0.717) is 18.9 Å². The molecule has 1 unspecified atom stereocenters. The lowest BCUT2D eigenvalue weighted by Crippen LogP contribution is -2.51. The normalized spacial score (nSPS) is 28.2. The van der Waals surface area contributed by atoms with E-state index in [1.54, 1.807) is 0 Å². The zero-order chi connectivity index (χ0) is 20.1. The van der Waals surface area contributed by atoms with Gasteiger partial charge in [-0.3, -0.25) is 19.3 Å². The van der Waals surface area contributed by atoms with Gasteiger partial charge in [0.05, 0.1) is 32.1 Å². The Morgan fingerprint density at radius 3 is 1.96 bits per heavy atom. The van der Waals surface area contributed by atoms with Crippen molar-refractivity contribution in [2.24, 2.45) is 17.8 Å². The lowest BCUT2D eigenvalue weighted by molar-refractivity contribution is -0.157. The second-order valence-electron chi connectivity index (χ2n) is 8.05. The zero-order valence-electron chi connectivity index (χ0n) is 17.2. The van der Waals surface area contributed by atoms with Crippen molar-refractivity contribution in [2.45, 2.75) is 71.0 Å². The van der Waals surface area contributed by atoms with Crippen LogP contribution in [0.3, 0.4) is 0 Å². The number of hydrogen-bond acceptors (Lipinski definition) is 6. The van der Waals surface area contributed by atoms with E-state index in [1.165, 1.54) is 14.2 Å². The van der Waals surface area contributed by atoms with Crippen LogP contribution in [0.1, 0.15) is 52.9 Å². The number of unbranched alkanes of at least 4 members (excludes halogenated alkanes) is 1. The molecule has 0 aromatic rings. The van der Waals surface area contributed by atoms with E-state index >= 15 is 0 Å². The van der Waals surface area contributed by atoms with Crippen LogP contribution in [0.25, 0.3) is 0 Å². The van der Waals surface area contributed by atoms with Gasteiger partial charge in [-0.05, 0) is 31.6 Å². The highest BCUT2D eigenvalue weighted by molar-refractivity contribution is 5.86. The first-order chi connectivity index (χ1) is 12.9. The molecule has 7 heteroatoms. The maximum Gasteiger partial charge on any atom is 0.311 e. The maximum atomic E-state index is 13.0. The summed E-state index contributed by atoms with van der Waals surface area (Å²) in [5.74, 6) is -1.61. The molecule has 2 saturated heterocycles. The Kier molecular flexibility index (Phi) is 7.65. The second kappa shape index (κ2) is 9.53. The molecular formula is C20H34N2O5. The van der Waals surface area contributed by atoms with Gasteiger partial charge in [0.25, 0.3) is 0 Å². The van der Waals surface area contributed by atoms with Crippen molar-refractivity contribution in [3.63, 3.8) is 0 Å². The van der Waals surface area contributed by atoms with Crippen LogP contribution in [0.15, 0.2) is 0 Å². The van der Waals surface area contributed by atoms with E-state index in [1.807, 2.05) is 0 Å². The zero-order valence-corrected chi connectivity index (χ0v) is 17.2. The third-order valence-corrected chi connectivity index (χ3v) is 5.87. The SMILES string of the molecule is CCCCNC(=O)C(CC(C)C)N1[C@@H]2CC[C@H]1[C@@H](C(=O)OC)[C@@H]2C(=O)OC. The molecule has 2 aliphatic heterocycles. The number of carbonyl (C=O) groups is 3. The molecule has 1 amide bonds. The lowest BCUT2D eigenvalue weighted by atomic mass is 9.79. The molecule has 0 spiro atoms. The van der Waals surface area contributed by atoms with Crippen molar-refractivity contribution >= 4 is 17.8 Å². The van der Waals surface area contributed by atoms with E-state index in [-0.39, 0.29) is 24.0 Å². The average molecular weight is 383 g/mol. The molecule has 0 radical (unpaired) electrons. The molecule has 2 fully saturated rings. The van der Waals surface area contributed by atoms with Crippen LogP contribution in [-0.2, 0) is 23.9 Å². The van der Waals surface area contributed by atoms with Crippen LogP contribution in [0.5, 0.6) is 0 Å². The largest absolute Gasteiger partial charge is 0.469 e. The van der Waals surface area contributed by atoms with Gasteiger partial charge in [-0.1, -0.05) is 27.2 Å². The van der Waals surface area contributed by atoms with Gasteiger partial charge in [-0.25, -0.2) is 0 Å². The summed E-state index contributed by atoms with van der Waals surface area (Å²) in [6.45, 7) is 6.90. The van der Waals surface area contributed by atoms with Gasteiger partial charge in [0.15, 0.2) is 0 Å². The summed E-state index contributed by atoms with van der Waals surface area (Å²) < 4.78 is 9.97. The summed E-state index contributed by atoms with van der Waals surface area (Å²) in [6, 6.07) is -0.666. The number of amides is 1. The summed E-state index contributed by atoms with van der Waals surface area (Å²) in [5, 5.41) is 3.04. The Morgan fingerprint density at radius 1 is 1.04 bits per heavy atom. The minimum atomic E-state index is -0.570. The van der Waals surface area contributed by atoms with Gasteiger partial charge in [0, 0.05) is 18.6 Å². The van der Waals surface area contributed by atoms with Crippen molar-refractivity contribution < 1.29 is 23.9 Å². The topological polar surface area (TPSA) is 84.9 Å². The van der Waals surface area contributed by atoms with Crippen LogP contribution in [0, 0.1) is 17.8 Å². The Morgan fingerprint density at radius 2 is 1.56 bits per heavy atom. The molecule has 2 heterocycles. The number of fused-ring (bicyclic) bond motifs is 2. The molecule has 27 heavy (non-hydrogen) atoms. The average Bonchev–Trinajstić information content (AvgIpc) is 3.20. The first-order valence-corrected chi connectivity index (χ1v) is 10.1.